The molecule has 0 saturated carbocycles. The molecule has 13 nitrogen and oxygen atoms in total. The van der Waals surface area contributed by atoms with Crippen molar-refractivity contribution < 1.29 is 19.7 Å². The first-order valence-electron chi connectivity index (χ1n) is 12.7. The van der Waals surface area contributed by atoms with Gasteiger partial charge in [-0.15, -0.1) is 12.4 Å². The van der Waals surface area contributed by atoms with Crippen molar-refractivity contribution in [2.24, 2.45) is 0 Å². The van der Waals surface area contributed by atoms with Crippen LogP contribution >= 0.6 is 12.4 Å². The molecular weight excluding hydrogens is 526 g/mol. The van der Waals surface area contributed by atoms with Crippen LogP contribution in [0.2, 0.25) is 0 Å². The third kappa shape index (κ3) is 9.17. The van der Waals surface area contributed by atoms with E-state index in [2.05, 4.69) is 74.6 Å². The molecule has 4 N–H and O–H groups in total. The van der Waals surface area contributed by atoms with Crippen LogP contribution in [-0.4, -0.2) is 105 Å². The maximum atomic E-state index is 11.3. The Kier molecular flexibility index (Phi) is 12.6. The van der Waals surface area contributed by atoms with Crippen LogP contribution in [0.4, 0.5) is 16.6 Å². The van der Waals surface area contributed by atoms with E-state index in [1.807, 2.05) is 6.20 Å². The lowest BCUT2D eigenvalue weighted by molar-refractivity contribution is 0.209. The van der Waals surface area contributed by atoms with Gasteiger partial charge in [-0.1, -0.05) is 13.3 Å². The average molecular weight is 566 g/mol. The minimum Gasteiger partial charge on any atom is -0.481 e. The van der Waals surface area contributed by atoms with Gasteiger partial charge < -0.3 is 30.1 Å². The van der Waals surface area contributed by atoms with E-state index in [-0.39, 0.29) is 31.0 Å². The number of methoxy groups -OCH3 is 1. The lowest BCUT2D eigenvalue weighted by atomic mass is 10.1. The Bertz CT molecular complexity index is 1200. The number of likely N-dealkylation sites (N-methyl/N-ethyl adjacent to an activating group) is 2. The maximum absolute atomic E-state index is 11.3. The molecule has 216 valence electrons. The van der Waals surface area contributed by atoms with Crippen molar-refractivity contribution in [2.45, 2.75) is 45.3 Å². The van der Waals surface area contributed by atoms with E-state index < -0.39 is 6.09 Å². The normalized spacial score (nSPS) is 12.0. The first-order valence-corrected chi connectivity index (χ1v) is 12.7. The smallest absolute Gasteiger partial charge is 0.411 e. The predicted octanol–water partition coefficient (Wildman–Crippen LogP) is 2.75. The van der Waals surface area contributed by atoms with E-state index in [9.17, 15) is 15.0 Å². The predicted molar refractivity (Wildman–Crippen MR) is 153 cm³/mol. The van der Waals surface area contributed by atoms with Crippen molar-refractivity contribution in [3.8, 4) is 5.88 Å². The van der Waals surface area contributed by atoms with Crippen LogP contribution in [0.1, 0.15) is 37.3 Å². The van der Waals surface area contributed by atoms with Gasteiger partial charge in [-0.2, -0.15) is 10.1 Å². The Morgan fingerprint density at radius 3 is 2.59 bits per heavy atom. The van der Waals surface area contributed by atoms with Gasteiger partial charge in [0.25, 0.3) is 0 Å². The van der Waals surface area contributed by atoms with Crippen LogP contribution < -0.4 is 15.4 Å². The van der Waals surface area contributed by atoms with Gasteiger partial charge in [0.15, 0.2) is 5.82 Å². The molecule has 0 aromatic carbocycles. The minimum atomic E-state index is -1.26. The van der Waals surface area contributed by atoms with Crippen molar-refractivity contribution in [1.82, 2.24) is 34.5 Å². The molecule has 3 aromatic heterocycles. The van der Waals surface area contributed by atoms with Crippen LogP contribution in [0.3, 0.4) is 0 Å². The lowest BCUT2D eigenvalue weighted by Gasteiger charge is -2.20. The molecule has 0 aliphatic heterocycles. The minimum absolute atomic E-state index is 0. The number of rotatable bonds is 15. The number of ether oxygens (including phenoxy) is 1. The molecule has 39 heavy (non-hydrogen) atoms. The van der Waals surface area contributed by atoms with Crippen LogP contribution in [0.15, 0.2) is 18.5 Å². The number of pyridine rings is 1. The fourth-order valence-corrected chi connectivity index (χ4v) is 4.21. The molecule has 3 heterocycles. The third-order valence-electron chi connectivity index (χ3n) is 6.04. The van der Waals surface area contributed by atoms with Gasteiger partial charge in [0.05, 0.1) is 19.9 Å². The first-order chi connectivity index (χ1) is 18.2. The number of aliphatic hydroxyl groups is 1. The number of nitrogens with one attached hydrogen (secondary N) is 2. The van der Waals surface area contributed by atoms with Crippen molar-refractivity contribution in [3.05, 3.63) is 29.6 Å². The van der Waals surface area contributed by atoms with E-state index in [0.29, 0.717) is 35.7 Å². The molecule has 3 rings (SSSR count). The third-order valence-corrected chi connectivity index (χ3v) is 6.04. The molecule has 1 atom stereocenters. The van der Waals surface area contributed by atoms with Gasteiger partial charge >= 0.3 is 6.09 Å². The monoisotopic (exact) mass is 565 g/mol. The summed E-state index contributed by atoms with van der Waals surface area (Å²) in [4.78, 5) is 28.9. The zero-order valence-corrected chi connectivity index (χ0v) is 24.0. The molecule has 0 aliphatic carbocycles. The standard InChI is InChI=1S/C25H39N9O4.ClH/c1-6-7-19(8-11-35)28-22-21-20(29-24(30-22)31-25(36)37)14-27-34(21)16-18-12-17(13-26-23(18)38-5)15-33(4)10-9-32(2)3;/h12-14,19,35H,6-11,15-16H2,1-5H3,(H,36,37)(H2,28,29,30,31);1H. The highest BCUT2D eigenvalue weighted by atomic mass is 35.5. The van der Waals surface area contributed by atoms with Gasteiger partial charge in [-0.3, -0.25) is 10.00 Å². The summed E-state index contributed by atoms with van der Waals surface area (Å²) in [7, 11) is 7.76. The number of anilines is 2. The Hall–Kier alpha value is -3.26. The summed E-state index contributed by atoms with van der Waals surface area (Å²) in [5.41, 5.74) is 3.00. The fraction of sp³-hybridized carbons (Fsp3) is 0.560. The van der Waals surface area contributed by atoms with E-state index in [4.69, 9.17) is 4.74 Å². The molecule has 3 aromatic rings. The van der Waals surface area contributed by atoms with Crippen molar-refractivity contribution in [1.29, 1.82) is 0 Å². The van der Waals surface area contributed by atoms with Gasteiger partial charge in [-0.25, -0.2) is 14.8 Å². The molecule has 0 saturated heterocycles. The van der Waals surface area contributed by atoms with Gasteiger partial charge in [0, 0.05) is 44.0 Å². The zero-order valence-electron chi connectivity index (χ0n) is 23.2. The Morgan fingerprint density at radius 1 is 1.18 bits per heavy atom. The van der Waals surface area contributed by atoms with Crippen LogP contribution in [0.5, 0.6) is 5.88 Å². The topological polar surface area (TPSA) is 154 Å². The number of amides is 1. The summed E-state index contributed by atoms with van der Waals surface area (Å²) < 4.78 is 7.30. The summed E-state index contributed by atoms with van der Waals surface area (Å²) in [5, 5.41) is 28.9. The van der Waals surface area contributed by atoms with Crippen molar-refractivity contribution >= 4 is 41.3 Å². The Morgan fingerprint density at radius 2 is 1.95 bits per heavy atom. The molecule has 0 radical (unpaired) electrons. The Labute approximate surface area is 235 Å². The zero-order chi connectivity index (χ0) is 27.7. The molecule has 1 unspecified atom stereocenters. The van der Waals surface area contributed by atoms with Crippen molar-refractivity contribution in [2.75, 3.05) is 58.6 Å². The van der Waals surface area contributed by atoms with Gasteiger partial charge in [0.2, 0.25) is 11.8 Å². The number of hydrogen-bond acceptors (Lipinski definition) is 10. The number of hydrogen-bond donors (Lipinski definition) is 4. The number of aliphatic hydroxyl groups excluding tert-OH is 1. The molecule has 1 amide bonds. The first kappa shape index (κ1) is 32.0. The fourth-order valence-electron chi connectivity index (χ4n) is 4.21. The quantitative estimate of drug-likeness (QED) is 0.215. The summed E-state index contributed by atoms with van der Waals surface area (Å²) >= 11 is 0. The van der Waals surface area contributed by atoms with Crippen LogP contribution in [0.25, 0.3) is 11.0 Å². The maximum Gasteiger partial charge on any atom is 0.411 e. The van der Waals surface area contributed by atoms with Crippen LogP contribution in [-0.2, 0) is 13.1 Å². The summed E-state index contributed by atoms with van der Waals surface area (Å²) in [5.74, 6) is 0.889. The summed E-state index contributed by atoms with van der Waals surface area (Å²) in [6, 6.07) is 2.01. The number of carbonyl (C=O) groups is 1. The highest BCUT2D eigenvalue weighted by Gasteiger charge is 2.19. The number of aromatic nitrogens is 5. The number of nitrogens with zero attached hydrogens (tertiary/aromatic N) is 7. The van der Waals surface area contributed by atoms with Gasteiger partial charge in [-0.05, 0) is 45.6 Å². The van der Waals surface area contributed by atoms with E-state index in [0.717, 1.165) is 43.6 Å². The average Bonchev–Trinajstić information content (AvgIpc) is 3.25. The molecule has 0 aliphatic rings. The van der Waals surface area contributed by atoms with Gasteiger partial charge in [0.1, 0.15) is 11.0 Å². The highest BCUT2D eigenvalue weighted by Crippen LogP contribution is 2.26. The summed E-state index contributed by atoms with van der Waals surface area (Å²) in [6.45, 7) is 5.03. The summed E-state index contributed by atoms with van der Waals surface area (Å²) in [6.07, 6.45) is 4.38. The van der Waals surface area contributed by atoms with E-state index >= 15 is 0 Å². The van der Waals surface area contributed by atoms with Crippen LogP contribution in [0, 0.1) is 0 Å². The second-order valence-electron chi connectivity index (χ2n) is 9.56. The number of fused-ring (bicyclic) bond motifs is 1. The molecule has 14 heteroatoms. The molecular formula is C25H40ClN9O4. The molecule has 0 bridgehead atoms. The SMILES string of the molecule is CCCC(CCO)Nc1nc(NC(=O)O)nc2cnn(Cc3cc(CN(C)CCN(C)C)cnc3OC)c12.Cl. The largest absolute Gasteiger partial charge is 0.481 e. The highest BCUT2D eigenvalue weighted by molar-refractivity contribution is 5.89. The lowest BCUT2D eigenvalue weighted by Crippen LogP contribution is -2.28. The second kappa shape index (κ2) is 15.4. The molecule has 0 fully saturated rings. The number of carboxylic acid groups (broad SMARTS) is 1. The van der Waals surface area contributed by atoms with Crippen molar-refractivity contribution in [3.63, 3.8) is 0 Å². The Balaban J connectivity index is 0.00000533. The molecule has 0 spiro atoms. The van der Waals surface area contributed by atoms with E-state index in [1.165, 1.54) is 0 Å². The number of halogens is 1. The second-order valence-corrected chi connectivity index (χ2v) is 9.56. The van der Waals surface area contributed by atoms with E-state index in [1.54, 1.807) is 18.0 Å².